The summed E-state index contributed by atoms with van der Waals surface area (Å²) in [5.74, 6) is 0.0637. The number of phenolic OH excluding ortho intramolecular Hbond substituents is 1. The number of rotatable bonds is 4. The van der Waals surface area contributed by atoms with Crippen molar-refractivity contribution < 1.29 is 14.6 Å². The number of hydrogen-bond acceptors (Lipinski definition) is 4. The molecule has 4 heteroatoms. The monoisotopic (exact) mass is 249 g/mol. The van der Waals surface area contributed by atoms with E-state index in [1.807, 2.05) is 6.92 Å². The molecular formula is C14H19NO3. The smallest absolute Gasteiger partial charge is 0.310 e. The Hall–Kier alpha value is -1.55. The zero-order valence-corrected chi connectivity index (χ0v) is 10.6. The van der Waals surface area contributed by atoms with E-state index in [4.69, 9.17) is 10.5 Å². The average molecular weight is 249 g/mol. The van der Waals surface area contributed by atoms with Crippen LogP contribution in [0.4, 0.5) is 0 Å². The molecule has 3 N–H and O–H groups in total. The summed E-state index contributed by atoms with van der Waals surface area (Å²) in [5.41, 5.74) is 8.75. The summed E-state index contributed by atoms with van der Waals surface area (Å²) in [6.07, 6.45) is 2.48. The van der Waals surface area contributed by atoms with Crippen LogP contribution in [0, 0.1) is 0 Å². The number of benzene rings is 1. The van der Waals surface area contributed by atoms with E-state index in [2.05, 4.69) is 0 Å². The summed E-state index contributed by atoms with van der Waals surface area (Å²) in [5, 5.41) is 9.78. The predicted molar refractivity (Wildman–Crippen MR) is 68.4 cm³/mol. The van der Waals surface area contributed by atoms with Crippen molar-refractivity contribution >= 4 is 5.97 Å². The Bertz CT molecular complexity index is 457. The van der Waals surface area contributed by atoms with Gasteiger partial charge in [0.05, 0.1) is 13.0 Å². The van der Waals surface area contributed by atoms with E-state index in [-0.39, 0.29) is 24.2 Å². The fourth-order valence-corrected chi connectivity index (χ4v) is 2.40. The van der Waals surface area contributed by atoms with Crippen LogP contribution in [-0.4, -0.2) is 23.7 Å². The molecule has 2 rings (SSSR count). The summed E-state index contributed by atoms with van der Waals surface area (Å²) in [6, 6.07) is 3.47. The Labute approximate surface area is 107 Å². The van der Waals surface area contributed by atoms with Crippen molar-refractivity contribution in [3.05, 3.63) is 28.8 Å². The number of carbonyl (C=O) groups is 1. The summed E-state index contributed by atoms with van der Waals surface area (Å²) in [7, 11) is 0. The minimum atomic E-state index is -0.217. The molecule has 0 saturated carbocycles. The van der Waals surface area contributed by atoms with Crippen molar-refractivity contribution in [1.29, 1.82) is 0 Å². The zero-order chi connectivity index (χ0) is 13.1. The molecule has 1 atom stereocenters. The number of fused-ring (bicyclic) bond motifs is 1. The van der Waals surface area contributed by atoms with Crippen LogP contribution in [0.2, 0.25) is 0 Å². The number of aromatic hydroxyl groups is 1. The van der Waals surface area contributed by atoms with Crippen LogP contribution in [0.1, 0.15) is 30.0 Å². The molecule has 0 aliphatic heterocycles. The van der Waals surface area contributed by atoms with Gasteiger partial charge >= 0.3 is 5.97 Å². The molecule has 0 aromatic heterocycles. The lowest BCUT2D eigenvalue weighted by Crippen LogP contribution is -2.19. The molecule has 0 heterocycles. The molecular weight excluding hydrogens is 230 g/mol. The molecule has 0 saturated heterocycles. The highest BCUT2D eigenvalue weighted by molar-refractivity contribution is 5.73. The van der Waals surface area contributed by atoms with Crippen LogP contribution in [0.5, 0.6) is 5.75 Å². The normalized spacial score (nSPS) is 17.6. The quantitative estimate of drug-likeness (QED) is 0.789. The lowest BCUT2D eigenvalue weighted by Gasteiger charge is -2.09. The van der Waals surface area contributed by atoms with Gasteiger partial charge in [-0.2, -0.15) is 0 Å². The van der Waals surface area contributed by atoms with Crippen LogP contribution < -0.4 is 5.73 Å². The van der Waals surface area contributed by atoms with E-state index < -0.39 is 0 Å². The van der Waals surface area contributed by atoms with Gasteiger partial charge in [-0.25, -0.2) is 0 Å². The van der Waals surface area contributed by atoms with Gasteiger partial charge < -0.3 is 15.6 Å². The molecule has 0 fully saturated rings. The van der Waals surface area contributed by atoms with Gasteiger partial charge in [-0.05, 0) is 42.0 Å². The van der Waals surface area contributed by atoms with Gasteiger partial charge in [0.25, 0.3) is 0 Å². The molecule has 18 heavy (non-hydrogen) atoms. The Balaban J connectivity index is 2.15. The van der Waals surface area contributed by atoms with Crippen LogP contribution in [0.3, 0.4) is 0 Å². The summed E-state index contributed by atoms with van der Waals surface area (Å²) < 4.78 is 5.08. The Morgan fingerprint density at radius 1 is 1.44 bits per heavy atom. The Kier molecular flexibility index (Phi) is 3.87. The highest BCUT2D eigenvalue weighted by Crippen LogP contribution is 2.32. The standard InChI is InChI=1S/C14H19NO3/c1-2-5-18-14(17)6-9-3-4-13(16)12-8-10(15)7-11(9)12/h3-4,10,16H,2,5-8,15H2,1H3. The molecule has 0 amide bonds. The molecule has 1 unspecified atom stereocenters. The van der Waals surface area contributed by atoms with Crippen molar-refractivity contribution in [1.82, 2.24) is 0 Å². The zero-order valence-electron chi connectivity index (χ0n) is 10.6. The predicted octanol–water partition coefficient (Wildman–Crippen LogP) is 1.31. The Morgan fingerprint density at radius 3 is 2.89 bits per heavy atom. The van der Waals surface area contributed by atoms with Crippen LogP contribution in [0.15, 0.2) is 12.1 Å². The third-order valence-electron chi connectivity index (χ3n) is 3.24. The van der Waals surface area contributed by atoms with E-state index in [1.165, 1.54) is 0 Å². The first-order valence-corrected chi connectivity index (χ1v) is 6.35. The molecule has 1 aromatic carbocycles. The number of nitrogens with two attached hydrogens (primary N) is 1. The van der Waals surface area contributed by atoms with Crippen LogP contribution in [0.25, 0.3) is 0 Å². The van der Waals surface area contributed by atoms with E-state index in [9.17, 15) is 9.90 Å². The number of esters is 1. The topological polar surface area (TPSA) is 72.5 Å². The molecule has 4 nitrogen and oxygen atoms in total. The number of phenols is 1. The lowest BCUT2D eigenvalue weighted by atomic mass is 10.00. The number of carbonyl (C=O) groups excluding carboxylic acids is 1. The second-order valence-corrected chi connectivity index (χ2v) is 4.77. The third-order valence-corrected chi connectivity index (χ3v) is 3.24. The van der Waals surface area contributed by atoms with Gasteiger partial charge in [-0.3, -0.25) is 4.79 Å². The van der Waals surface area contributed by atoms with Gasteiger partial charge in [0.2, 0.25) is 0 Å². The van der Waals surface area contributed by atoms with E-state index in [0.29, 0.717) is 13.0 Å². The second-order valence-electron chi connectivity index (χ2n) is 4.77. The van der Waals surface area contributed by atoms with Gasteiger partial charge in [0.15, 0.2) is 0 Å². The van der Waals surface area contributed by atoms with Gasteiger partial charge in [-0.15, -0.1) is 0 Å². The SMILES string of the molecule is CCCOC(=O)Cc1ccc(O)c2c1CC(N)C2. The van der Waals surface area contributed by atoms with Gasteiger partial charge in [0.1, 0.15) is 5.75 Å². The van der Waals surface area contributed by atoms with Crippen LogP contribution in [-0.2, 0) is 28.8 Å². The van der Waals surface area contributed by atoms with E-state index in [1.54, 1.807) is 12.1 Å². The highest BCUT2D eigenvalue weighted by atomic mass is 16.5. The highest BCUT2D eigenvalue weighted by Gasteiger charge is 2.24. The molecule has 1 aliphatic carbocycles. The maximum absolute atomic E-state index is 11.6. The van der Waals surface area contributed by atoms with E-state index >= 15 is 0 Å². The fraction of sp³-hybridized carbons (Fsp3) is 0.500. The second kappa shape index (κ2) is 5.40. The van der Waals surface area contributed by atoms with Crippen molar-refractivity contribution in [2.45, 2.75) is 38.6 Å². The Morgan fingerprint density at radius 2 is 2.17 bits per heavy atom. The molecule has 0 radical (unpaired) electrons. The van der Waals surface area contributed by atoms with Crippen LogP contribution >= 0.6 is 0 Å². The summed E-state index contributed by atoms with van der Waals surface area (Å²) in [4.78, 5) is 11.6. The van der Waals surface area contributed by atoms with Crippen molar-refractivity contribution in [3.63, 3.8) is 0 Å². The maximum atomic E-state index is 11.6. The third kappa shape index (κ3) is 2.64. The summed E-state index contributed by atoms with van der Waals surface area (Å²) in [6.45, 7) is 2.42. The molecule has 0 spiro atoms. The van der Waals surface area contributed by atoms with Crippen molar-refractivity contribution in [2.75, 3.05) is 6.61 Å². The fourth-order valence-electron chi connectivity index (χ4n) is 2.40. The first kappa shape index (κ1) is 12.9. The molecule has 0 bridgehead atoms. The number of ether oxygens (including phenoxy) is 1. The molecule has 1 aromatic rings. The first-order chi connectivity index (χ1) is 8.61. The average Bonchev–Trinajstić information content (AvgIpc) is 2.73. The molecule has 1 aliphatic rings. The maximum Gasteiger partial charge on any atom is 0.310 e. The molecule has 98 valence electrons. The van der Waals surface area contributed by atoms with Crippen molar-refractivity contribution in [2.24, 2.45) is 5.73 Å². The van der Waals surface area contributed by atoms with Crippen molar-refractivity contribution in [3.8, 4) is 5.75 Å². The largest absolute Gasteiger partial charge is 0.508 e. The minimum absolute atomic E-state index is 0.0405. The van der Waals surface area contributed by atoms with Gasteiger partial charge in [0, 0.05) is 6.04 Å². The summed E-state index contributed by atoms with van der Waals surface area (Å²) >= 11 is 0. The number of hydrogen-bond donors (Lipinski definition) is 2. The van der Waals surface area contributed by atoms with E-state index in [0.717, 1.165) is 29.5 Å². The minimum Gasteiger partial charge on any atom is -0.508 e. The van der Waals surface area contributed by atoms with Gasteiger partial charge in [-0.1, -0.05) is 13.0 Å². The first-order valence-electron chi connectivity index (χ1n) is 6.35. The lowest BCUT2D eigenvalue weighted by molar-refractivity contribution is -0.142.